The molecule has 1 unspecified atom stereocenters. The number of hydrogen-bond acceptors (Lipinski definition) is 7. The van der Waals surface area contributed by atoms with E-state index in [4.69, 9.17) is 9.47 Å². The Kier molecular flexibility index (Phi) is 15.7. The van der Waals surface area contributed by atoms with Crippen LogP contribution in [0.4, 0.5) is 0 Å². The number of nitrogens with zero attached hydrogens (tertiary/aromatic N) is 4. The molecule has 0 aliphatic rings. The van der Waals surface area contributed by atoms with Gasteiger partial charge in [-0.25, -0.2) is 14.6 Å². The summed E-state index contributed by atoms with van der Waals surface area (Å²) in [4.78, 5) is 20.7. The van der Waals surface area contributed by atoms with Gasteiger partial charge in [-0.05, 0) is 52.4 Å². The van der Waals surface area contributed by atoms with Gasteiger partial charge in [-0.1, -0.05) is 81.5 Å². The van der Waals surface area contributed by atoms with Gasteiger partial charge in [0, 0.05) is 7.05 Å². The molecule has 8 heteroatoms. The van der Waals surface area contributed by atoms with Crippen LogP contribution in [0.3, 0.4) is 0 Å². The molecule has 0 fully saturated rings. The van der Waals surface area contributed by atoms with Crippen molar-refractivity contribution in [2.75, 3.05) is 13.2 Å². The van der Waals surface area contributed by atoms with Crippen LogP contribution >= 0.6 is 11.8 Å². The molecule has 0 bridgehead atoms. The summed E-state index contributed by atoms with van der Waals surface area (Å²) in [7, 11) is 1.85. The standard InChI is InChI=1S/C29H46N4O3S/c1-5-7-8-9-10-11-12-13-14-15-16-17-18-19-20-21-22-36-28-26-25(32-33(28)4)27(31-23-30-26)37-24(3)29(34)35-6-2/h10-11,13-14,23-24H,5-9,12,15-22H2,1-4H3/b11-10-,14-13-. The second kappa shape index (κ2) is 18.8. The largest absolute Gasteiger partial charge is 0.476 e. The van der Waals surface area contributed by atoms with Gasteiger partial charge < -0.3 is 9.47 Å². The fourth-order valence-electron chi connectivity index (χ4n) is 3.94. The number of carbonyl (C=O) groups is 1. The van der Waals surface area contributed by atoms with Crippen molar-refractivity contribution < 1.29 is 14.3 Å². The Labute approximate surface area is 227 Å². The number of fused-ring (bicyclic) bond motifs is 1. The summed E-state index contributed by atoms with van der Waals surface area (Å²) in [5.41, 5.74) is 1.33. The molecular formula is C29H46N4O3S. The van der Waals surface area contributed by atoms with Gasteiger partial charge in [0.2, 0.25) is 5.88 Å². The lowest BCUT2D eigenvalue weighted by molar-refractivity contribution is -0.142. The SMILES string of the molecule is CCCCC/C=C\C/C=C\CCCCCCCCOc1c2ncnc(SC(C)C(=O)OCC)c2nn1C. The van der Waals surface area contributed by atoms with Crippen LogP contribution in [-0.2, 0) is 16.6 Å². The zero-order chi connectivity index (χ0) is 26.7. The van der Waals surface area contributed by atoms with E-state index in [-0.39, 0.29) is 11.2 Å². The van der Waals surface area contributed by atoms with Gasteiger partial charge in [-0.2, -0.15) is 5.10 Å². The minimum Gasteiger partial charge on any atom is -0.476 e. The first-order chi connectivity index (χ1) is 18.1. The average molecular weight is 531 g/mol. The lowest BCUT2D eigenvalue weighted by atomic mass is 10.1. The Morgan fingerprint density at radius 3 is 2.32 bits per heavy atom. The minimum absolute atomic E-state index is 0.260. The number of allylic oxidation sites excluding steroid dienone is 4. The summed E-state index contributed by atoms with van der Waals surface area (Å²) in [6.07, 6.45) is 25.4. The summed E-state index contributed by atoms with van der Waals surface area (Å²) >= 11 is 1.33. The van der Waals surface area contributed by atoms with E-state index in [2.05, 4.69) is 46.3 Å². The number of aromatic nitrogens is 4. The Hall–Kier alpha value is -2.35. The van der Waals surface area contributed by atoms with Gasteiger partial charge in [-0.3, -0.25) is 4.79 Å². The molecule has 0 aromatic carbocycles. The molecule has 7 nitrogen and oxygen atoms in total. The van der Waals surface area contributed by atoms with Crippen molar-refractivity contribution >= 4 is 28.8 Å². The number of esters is 1. The van der Waals surface area contributed by atoms with Crippen LogP contribution in [0.5, 0.6) is 5.88 Å². The van der Waals surface area contributed by atoms with E-state index in [0.717, 1.165) is 19.3 Å². The molecule has 2 rings (SSSR count). The third-order valence-corrected chi connectivity index (χ3v) is 7.09. The number of unbranched alkanes of at least 4 members (excludes halogenated alkanes) is 9. The van der Waals surface area contributed by atoms with E-state index >= 15 is 0 Å². The van der Waals surface area contributed by atoms with Crippen LogP contribution in [0.1, 0.15) is 97.8 Å². The Morgan fingerprint density at radius 2 is 1.62 bits per heavy atom. The quantitative estimate of drug-likeness (QED) is 0.0573. The molecule has 0 N–H and O–H groups in total. The van der Waals surface area contributed by atoms with Crippen LogP contribution in [0, 0.1) is 0 Å². The zero-order valence-corrected chi connectivity index (χ0v) is 24.1. The molecule has 0 spiro atoms. The van der Waals surface area contributed by atoms with Crippen molar-refractivity contribution in [1.82, 2.24) is 19.7 Å². The van der Waals surface area contributed by atoms with Gasteiger partial charge in [0.25, 0.3) is 0 Å². The molecule has 206 valence electrons. The minimum atomic E-state index is -0.372. The highest BCUT2D eigenvalue weighted by Gasteiger charge is 2.21. The molecule has 0 aliphatic heterocycles. The van der Waals surface area contributed by atoms with E-state index in [9.17, 15) is 4.79 Å². The molecule has 1 atom stereocenters. The Morgan fingerprint density at radius 1 is 0.946 bits per heavy atom. The van der Waals surface area contributed by atoms with Crippen LogP contribution in [0.25, 0.3) is 11.0 Å². The van der Waals surface area contributed by atoms with Gasteiger partial charge >= 0.3 is 5.97 Å². The molecule has 0 amide bonds. The van der Waals surface area contributed by atoms with Gasteiger partial charge in [-0.15, -0.1) is 0 Å². The lowest BCUT2D eigenvalue weighted by Gasteiger charge is -2.09. The first-order valence-corrected chi connectivity index (χ1v) is 14.9. The number of rotatable bonds is 20. The van der Waals surface area contributed by atoms with Crippen LogP contribution in [-0.4, -0.2) is 44.2 Å². The van der Waals surface area contributed by atoms with Crippen molar-refractivity contribution in [2.45, 2.75) is 108 Å². The molecule has 0 radical (unpaired) electrons. The fourth-order valence-corrected chi connectivity index (χ4v) is 4.80. The summed E-state index contributed by atoms with van der Waals surface area (Å²) in [6, 6.07) is 0. The lowest BCUT2D eigenvalue weighted by Crippen LogP contribution is -2.16. The number of hydrogen-bond donors (Lipinski definition) is 0. The van der Waals surface area contributed by atoms with Crippen LogP contribution in [0.2, 0.25) is 0 Å². The molecule has 2 aromatic heterocycles. The number of thioether (sulfide) groups is 1. The number of aryl methyl sites for hydroxylation is 1. The summed E-state index contributed by atoms with van der Waals surface area (Å²) in [5.74, 6) is 0.384. The highest BCUT2D eigenvalue weighted by molar-refractivity contribution is 8.00. The molecule has 2 heterocycles. The van der Waals surface area contributed by atoms with Gasteiger partial charge in [0.05, 0.1) is 13.2 Å². The molecular weight excluding hydrogens is 484 g/mol. The van der Waals surface area contributed by atoms with Gasteiger partial charge in [0.1, 0.15) is 22.1 Å². The molecule has 2 aromatic rings. The highest BCUT2D eigenvalue weighted by Crippen LogP contribution is 2.31. The van der Waals surface area contributed by atoms with E-state index in [1.54, 1.807) is 11.6 Å². The van der Waals surface area contributed by atoms with Crippen LogP contribution in [0.15, 0.2) is 35.7 Å². The third-order valence-electron chi connectivity index (χ3n) is 6.03. The second-order valence-electron chi connectivity index (χ2n) is 9.25. The Bertz CT molecular complexity index is 973. The van der Waals surface area contributed by atoms with E-state index in [0.29, 0.717) is 35.2 Å². The first-order valence-electron chi connectivity index (χ1n) is 14.0. The molecule has 37 heavy (non-hydrogen) atoms. The summed E-state index contributed by atoms with van der Waals surface area (Å²) in [5, 5.41) is 4.84. The topological polar surface area (TPSA) is 79.1 Å². The summed E-state index contributed by atoms with van der Waals surface area (Å²) < 4.78 is 12.9. The number of carbonyl (C=O) groups excluding carboxylic acids is 1. The summed E-state index contributed by atoms with van der Waals surface area (Å²) in [6.45, 7) is 6.85. The van der Waals surface area contributed by atoms with Crippen molar-refractivity contribution in [3.05, 3.63) is 30.6 Å². The van der Waals surface area contributed by atoms with E-state index in [1.165, 1.54) is 75.9 Å². The molecule has 0 aliphatic carbocycles. The molecule has 0 saturated carbocycles. The zero-order valence-electron chi connectivity index (χ0n) is 23.3. The Balaban J connectivity index is 1.61. The first kappa shape index (κ1) is 30.9. The maximum Gasteiger partial charge on any atom is 0.319 e. The predicted octanol–water partition coefficient (Wildman–Crippen LogP) is 7.60. The highest BCUT2D eigenvalue weighted by atomic mass is 32.2. The normalized spacial score (nSPS) is 12.6. The second-order valence-corrected chi connectivity index (χ2v) is 10.6. The van der Waals surface area contributed by atoms with Crippen molar-refractivity contribution in [2.24, 2.45) is 7.05 Å². The fraction of sp³-hybridized carbons (Fsp3) is 0.655. The van der Waals surface area contributed by atoms with Crippen molar-refractivity contribution in [1.29, 1.82) is 0 Å². The van der Waals surface area contributed by atoms with E-state index in [1.807, 2.05) is 14.0 Å². The smallest absolute Gasteiger partial charge is 0.319 e. The number of ether oxygens (including phenoxy) is 2. The van der Waals surface area contributed by atoms with Crippen LogP contribution < -0.4 is 4.74 Å². The van der Waals surface area contributed by atoms with Crippen molar-refractivity contribution in [3.63, 3.8) is 0 Å². The predicted molar refractivity (Wildman–Crippen MR) is 153 cm³/mol. The maximum atomic E-state index is 12.0. The van der Waals surface area contributed by atoms with Gasteiger partial charge in [0.15, 0.2) is 5.52 Å². The van der Waals surface area contributed by atoms with Crippen molar-refractivity contribution in [3.8, 4) is 5.88 Å². The molecule has 0 saturated heterocycles. The maximum absolute atomic E-state index is 12.0. The average Bonchev–Trinajstić information content (AvgIpc) is 3.21. The van der Waals surface area contributed by atoms with E-state index < -0.39 is 0 Å². The third kappa shape index (κ3) is 11.7. The monoisotopic (exact) mass is 530 g/mol.